The van der Waals surface area contributed by atoms with Crippen LogP contribution in [-0.4, -0.2) is 4.98 Å². The van der Waals surface area contributed by atoms with E-state index in [1.807, 2.05) is 0 Å². The predicted octanol–water partition coefficient (Wildman–Crippen LogP) is 4.41. The van der Waals surface area contributed by atoms with Crippen LogP contribution in [0.1, 0.15) is 16.0 Å². The van der Waals surface area contributed by atoms with Crippen molar-refractivity contribution in [1.29, 1.82) is 0 Å². The zero-order valence-corrected chi connectivity index (χ0v) is 10.0. The molecule has 0 saturated carbocycles. The topological polar surface area (TPSA) is 12.9 Å². The number of halogens is 4. The minimum atomic E-state index is -4.42. The second-order valence-corrected chi connectivity index (χ2v) is 4.83. The van der Waals surface area contributed by atoms with Gasteiger partial charge in [-0.1, -0.05) is 17.7 Å². The molecule has 0 aliphatic rings. The Bertz CT molecular complexity index is 508. The Morgan fingerprint density at radius 2 is 2.06 bits per heavy atom. The summed E-state index contributed by atoms with van der Waals surface area (Å²) in [5, 5.41) is -0.273. The second kappa shape index (κ2) is 4.66. The van der Waals surface area contributed by atoms with Gasteiger partial charge in [-0.25, -0.2) is 0 Å². The van der Waals surface area contributed by atoms with Gasteiger partial charge in [0.05, 0.1) is 16.1 Å². The molecule has 1 aromatic carbocycles. The monoisotopic (exact) mass is 277 g/mol. The van der Waals surface area contributed by atoms with E-state index >= 15 is 0 Å². The molecule has 0 unspecified atom stereocenters. The molecule has 0 atom stereocenters. The molecule has 1 aromatic heterocycles. The molecular formula is C11H7ClF3NS. The lowest BCUT2D eigenvalue weighted by Crippen LogP contribution is -2.06. The first-order valence-electron chi connectivity index (χ1n) is 4.70. The van der Waals surface area contributed by atoms with Crippen LogP contribution in [0, 0.1) is 0 Å². The van der Waals surface area contributed by atoms with Gasteiger partial charge in [-0.05, 0) is 17.7 Å². The third-order valence-electron chi connectivity index (χ3n) is 2.20. The fourth-order valence-electron chi connectivity index (χ4n) is 1.43. The van der Waals surface area contributed by atoms with Gasteiger partial charge in [-0.3, -0.25) is 4.98 Å². The second-order valence-electron chi connectivity index (χ2n) is 3.46. The van der Waals surface area contributed by atoms with Crippen LogP contribution in [0.15, 0.2) is 29.9 Å². The van der Waals surface area contributed by atoms with E-state index in [0.717, 1.165) is 10.9 Å². The number of hydrogen-bond donors (Lipinski definition) is 0. The Labute approximate surface area is 105 Å². The van der Waals surface area contributed by atoms with Gasteiger partial charge in [0.2, 0.25) is 0 Å². The van der Waals surface area contributed by atoms with Crippen LogP contribution in [0.3, 0.4) is 0 Å². The summed E-state index contributed by atoms with van der Waals surface area (Å²) in [4.78, 5) is 4.79. The van der Waals surface area contributed by atoms with Crippen LogP contribution in [0.25, 0.3) is 0 Å². The summed E-state index contributed by atoms with van der Waals surface area (Å²) < 4.78 is 37.8. The van der Waals surface area contributed by atoms with E-state index in [1.54, 1.807) is 17.8 Å². The predicted molar refractivity (Wildman–Crippen MR) is 61.4 cm³/mol. The minimum absolute atomic E-state index is 0.273. The number of thiazole rings is 1. The summed E-state index contributed by atoms with van der Waals surface area (Å²) in [6, 6.07) is 3.96. The highest BCUT2D eigenvalue weighted by Gasteiger charge is 2.33. The first-order chi connectivity index (χ1) is 7.97. The van der Waals surface area contributed by atoms with Gasteiger partial charge < -0.3 is 0 Å². The van der Waals surface area contributed by atoms with E-state index in [2.05, 4.69) is 4.98 Å². The Morgan fingerprint density at radius 1 is 1.29 bits per heavy atom. The van der Waals surface area contributed by atoms with Crippen molar-refractivity contribution >= 4 is 22.9 Å². The van der Waals surface area contributed by atoms with Crippen molar-refractivity contribution in [3.05, 3.63) is 50.9 Å². The Morgan fingerprint density at radius 3 is 2.65 bits per heavy atom. The van der Waals surface area contributed by atoms with Crippen molar-refractivity contribution in [2.75, 3.05) is 0 Å². The minimum Gasteiger partial charge on any atom is -0.253 e. The number of alkyl halides is 3. The van der Waals surface area contributed by atoms with Crippen LogP contribution < -0.4 is 0 Å². The summed E-state index contributed by atoms with van der Waals surface area (Å²) in [5.74, 6) is 0. The smallest absolute Gasteiger partial charge is 0.253 e. The number of hydrogen-bond acceptors (Lipinski definition) is 2. The highest BCUT2D eigenvalue weighted by atomic mass is 35.5. The molecule has 2 rings (SSSR count). The average Bonchev–Trinajstić information content (AvgIpc) is 2.72. The summed E-state index contributed by atoms with van der Waals surface area (Å²) in [6.45, 7) is 0. The molecule has 0 fully saturated rings. The number of nitrogens with zero attached hydrogens (tertiary/aromatic N) is 1. The van der Waals surface area contributed by atoms with Crippen molar-refractivity contribution in [2.24, 2.45) is 0 Å². The lowest BCUT2D eigenvalue weighted by Gasteiger charge is -2.10. The third kappa shape index (κ3) is 2.98. The van der Waals surface area contributed by atoms with Crippen LogP contribution in [0.4, 0.5) is 13.2 Å². The standard InChI is InChI=1S/C11H7ClF3NS/c12-10-2-1-7(3-8-5-16-6-17-8)4-9(10)11(13,14)15/h1-2,4-6H,3H2. The van der Waals surface area contributed by atoms with E-state index in [9.17, 15) is 13.2 Å². The maximum Gasteiger partial charge on any atom is 0.417 e. The van der Waals surface area contributed by atoms with Gasteiger partial charge in [0.25, 0.3) is 0 Å². The molecule has 2 aromatic rings. The molecule has 90 valence electrons. The molecule has 0 amide bonds. The summed E-state index contributed by atoms with van der Waals surface area (Å²) in [7, 11) is 0. The maximum absolute atomic E-state index is 12.6. The molecule has 0 aliphatic carbocycles. The van der Waals surface area contributed by atoms with Crippen molar-refractivity contribution in [1.82, 2.24) is 4.98 Å². The first kappa shape index (κ1) is 12.4. The van der Waals surface area contributed by atoms with Gasteiger partial charge in [-0.2, -0.15) is 13.2 Å². The molecule has 0 saturated heterocycles. The van der Waals surface area contributed by atoms with Gasteiger partial charge in [0, 0.05) is 17.5 Å². The maximum atomic E-state index is 12.6. The normalized spacial score (nSPS) is 11.8. The summed E-state index contributed by atoms with van der Waals surface area (Å²) in [6.07, 6.45) is -2.34. The van der Waals surface area contributed by atoms with Gasteiger partial charge in [0.15, 0.2) is 0 Å². The summed E-state index contributed by atoms with van der Waals surface area (Å²) in [5.41, 5.74) is 1.43. The quantitative estimate of drug-likeness (QED) is 0.792. The molecule has 6 heteroatoms. The lowest BCUT2D eigenvalue weighted by atomic mass is 10.1. The lowest BCUT2D eigenvalue weighted by molar-refractivity contribution is -0.137. The highest BCUT2D eigenvalue weighted by molar-refractivity contribution is 7.09. The number of benzene rings is 1. The molecule has 0 radical (unpaired) electrons. The van der Waals surface area contributed by atoms with Gasteiger partial charge in [-0.15, -0.1) is 11.3 Å². The molecule has 0 bridgehead atoms. The van der Waals surface area contributed by atoms with Crippen LogP contribution in [0.2, 0.25) is 5.02 Å². The Balaban J connectivity index is 2.31. The molecule has 0 aliphatic heterocycles. The van der Waals surface area contributed by atoms with E-state index in [1.165, 1.54) is 17.4 Å². The van der Waals surface area contributed by atoms with Crippen LogP contribution in [-0.2, 0) is 12.6 Å². The molecule has 0 spiro atoms. The van der Waals surface area contributed by atoms with E-state index < -0.39 is 11.7 Å². The molecular weight excluding hydrogens is 271 g/mol. The highest BCUT2D eigenvalue weighted by Crippen LogP contribution is 2.35. The zero-order valence-electron chi connectivity index (χ0n) is 8.46. The van der Waals surface area contributed by atoms with Crippen molar-refractivity contribution in [3.63, 3.8) is 0 Å². The third-order valence-corrected chi connectivity index (χ3v) is 3.31. The number of rotatable bonds is 2. The molecule has 0 N–H and O–H groups in total. The zero-order chi connectivity index (χ0) is 12.5. The van der Waals surface area contributed by atoms with E-state index in [4.69, 9.17) is 11.6 Å². The van der Waals surface area contributed by atoms with Gasteiger partial charge in [0.1, 0.15) is 0 Å². The van der Waals surface area contributed by atoms with E-state index in [0.29, 0.717) is 12.0 Å². The van der Waals surface area contributed by atoms with Crippen molar-refractivity contribution < 1.29 is 13.2 Å². The molecule has 1 heterocycles. The average molecular weight is 278 g/mol. The van der Waals surface area contributed by atoms with Crippen molar-refractivity contribution in [3.8, 4) is 0 Å². The largest absolute Gasteiger partial charge is 0.417 e. The molecule has 17 heavy (non-hydrogen) atoms. The first-order valence-corrected chi connectivity index (χ1v) is 5.95. The molecule has 1 nitrogen and oxygen atoms in total. The van der Waals surface area contributed by atoms with Crippen LogP contribution >= 0.6 is 22.9 Å². The van der Waals surface area contributed by atoms with Crippen LogP contribution in [0.5, 0.6) is 0 Å². The SMILES string of the molecule is FC(F)(F)c1cc(Cc2cncs2)ccc1Cl. The van der Waals surface area contributed by atoms with Gasteiger partial charge >= 0.3 is 6.18 Å². The van der Waals surface area contributed by atoms with E-state index in [-0.39, 0.29) is 5.02 Å². The summed E-state index contributed by atoms with van der Waals surface area (Å²) >= 11 is 6.94. The Hall–Kier alpha value is -1.07. The fraction of sp³-hybridized carbons (Fsp3) is 0.182. The van der Waals surface area contributed by atoms with Crippen molar-refractivity contribution in [2.45, 2.75) is 12.6 Å². The number of aromatic nitrogens is 1. The fourth-order valence-corrected chi connectivity index (χ4v) is 2.28. The Kier molecular flexibility index (Phi) is 3.40.